The summed E-state index contributed by atoms with van der Waals surface area (Å²) in [6, 6.07) is 12.7. The molecule has 2 saturated heterocycles. The number of aliphatic hydroxyl groups excluding tert-OH is 1. The van der Waals surface area contributed by atoms with Crippen molar-refractivity contribution in [1.29, 1.82) is 0 Å². The fraction of sp³-hybridized carbons (Fsp3) is 0.459. The molecule has 0 aromatic heterocycles. The molecule has 0 saturated carbocycles. The summed E-state index contributed by atoms with van der Waals surface area (Å²) in [5.41, 5.74) is 1.80. The molecule has 2 aromatic rings. The molecule has 248 valence electrons. The smallest absolute Gasteiger partial charge is 0.313 e. The summed E-state index contributed by atoms with van der Waals surface area (Å²) in [4.78, 5) is 61.7. The van der Waals surface area contributed by atoms with E-state index in [1.807, 2.05) is 81.5 Å². The normalized spacial score (nSPS) is 32.5. The van der Waals surface area contributed by atoms with Crippen molar-refractivity contribution < 1.29 is 33.8 Å². The Labute approximate surface area is 275 Å². The first-order chi connectivity index (χ1) is 22.5. The van der Waals surface area contributed by atoms with Gasteiger partial charge in [-0.1, -0.05) is 66.8 Å². The third kappa shape index (κ3) is 5.47. The number of fused-ring (bicyclic) bond motifs is 2. The van der Waals surface area contributed by atoms with Crippen LogP contribution in [0.2, 0.25) is 0 Å². The molecular formula is C37H43N3O7. The lowest BCUT2D eigenvalue weighted by atomic mass is 9.74. The summed E-state index contributed by atoms with van der Waals surface area (Å²) < 4.78 is 12.8. The quantitative estimate of drug-likeness (QED) is 0.400. The number of ether oxygens (including phenoxy) is 2. The van der Waals surface area contributed by atoms with Gasteiger partial charge in [0, 0.05) is 25.7 Å². The van der Waals surface area contributed by atoms with Gasteiger partial charge in [-0.05, 0) is 56.9 Å². The fourth-order valence-electron chi connectivity index (χ4n) is 7.59. The molecule has 1 spiro atoms. The number of anilines is 1. The minimum Gasteiger partial charge on any atom is -0.455 e. The van der Waals surface area contributed by atoms with E-state index in [4.69, 9.17) is 9.47 Å². The van der Waals surface area contributed by atoms with Gasteiger partial charge in [0.1, 0.15) is 23.7 Å². The second kappa shape index (κ2) is 12.7. The van der Waals surface area contributed by atoms with E-state index in [-0.39, 0.29) is 31.4 Å². The maximum Gasteiger partial charge on any atom is 0.313 e. The first kappa shape index (κ1) is 32.7. The van der Waals surface area contributed by atoms with Gasteiger partial charge in [0.05, 0.1) is 30.7 Å². The van der Waals surface area contributed by atoms with Gasteiger partial charge >= 0.3 is 5.97 Å². The number of aryl methyl sites for hydroxylation is 2. The van der Waals surface area contributed by atoms with Crippen molar-refractivity contribution in [3.8, 4) is 0 Å². The number of likely N-dealkylation sites (N-methyl/N-ethyl adjacent to an activating group) is 1. The van der Waals surface area contributed by atoms with Crippen molar-refractivity contribution >= 4 is 29.4 Å². The molecule has 1 N–H and O–H groups in total. The van der Waals surface area contributed by atoms with E-state index >= 15 is 0 Å². The van der Waals surface area contributed by atoms with E-state index in [1.165, 1.54) is 4.90 Å². The monoisotopic (exact) mass is 641 g/mol. The summed E-state index contributed by atoms with van der Waals surface area (Å²) in [6.45, 7) is 7.21. The van der Waals surface area contributed by atoms with Crippen molar-refractivity contribution in [2.24, 2.45) is 11.8 Å². The van der Waals surface area contributed by atoms with Crippen LogP contribution >= 0.6 is 0 Å². The minimum atomic E-state index is -1.43. The Hall–Kier alpha value is -4.28. The zero-order valence-corrected chi connectivity index (χ0v) is 27.5. The van der Waals surface area contributed by atoms with Crippen molar-refractivity contribution in [3.63, 3.8) is 0 Å². The molecule has 6 rings (SSSR count). The van der Waals surface area contributed by atoms with E-state index < -0.39 is 59.6 Å². The molecule has 10 nitrogen and oxygen atoms in total. The number of carbonyl (C=O) groups excluding carboxylic acids is 4. The molecular weight excluding hydrogens is 598 g/mol. The van der Waals surface area contributed by atoms with Crippen LogP contribution in [0.4, 0.5) is 5.69 Å². The molecule has 0 aliphatic carbocycles. The predicted molar refractivity (Wildman–Crippen MR) is 175 cm³/mol. The number of allylic oxidation sites excluding steroid dienone is 1. The molecule has 5 bridgehead atoms. The van der Waals surface area contributed by atoms with Gasteiger partial charge in [0.15, 0.2) is 0 Å². The topological polar surface area (TPSA) is 117 Å². The maximum absolute atomic E-state index is 14.9. The van der Waals surface area contributed by atoms with Gasteiger partial charge in [-0.2, -0.15) is 0 Å². The Morgan fingerprint density at radius 3 is 2.49 bits per heavy atom. The van der Waals surface area contributed by atoms with E-state index in [0.29, 0.717) is 17.7 Å². The van der Waals surface area contributed by atoms with Gasteiger partial charge < -0.3 is 29.3 Å². The largest absolute Gasteiger partial charge is 0.455 e. The van der Waals surface area contributed by atoms with Crippen LogP contribution in [0.15, 0.2) is 72.8 Å². The van der Waals surface area contributed by atoms with E-state index in [0.717, 1.165) is 11.1 Å². The number of aliphatic hydroxyl groups is 1. The molecule has 8 atom stereocenters. The Bertz CT molecular complexity index is 1620. The Balaban J connectivity index is 1.49. The second-order valence-electron chi connectivity index (χ2n) is 13.2. The summed E-state index contributed by atoms with van der Waals surface area (Å²) >= 11 is 0. The minimum absolute atomic E-state index is 0.112. The predicted octanol–water partition coefficient (Wildman–Crippen LogP) is 3.65. The zero-order chi connectivity index (χ0) is 33.6. The van der Waals surface area contributed by atoms with Gasteiger partial charge in [0.2, 0.25) is 11.8 Å². The van der Waals surface area contributed by atoms with Crippen LogP contribution in [0.1, 0.15) is 49.5 Å². The lowest BCUT2D eigenvalue weighted by Gasteiger charge is -2.38. The highest BCUT2D eigenvalue weighted by atomic mass is 16.6. The molecule has 4 heterocycles. The molecule has 47 heavy (non-hydrogen) atoms. The van der Waals surface area contributed by atoms with E-state index in [1.54, 1.807) is 35.9 Å². The van der Waals surface area contributed by atoms with Crippen LogP contribution in [-0.2, 0) is 28.7 Å². The second-order valence-corrected chi connectivity index (χ2v) is 13.2. The van der Waals surface area contributed by atoms with Crippen LogP contribution in [0.5, 0.6) is 0 Å². The number of benzene rings is 2. The van der Waals surface area contributed by atoms with Gasteiger partial charge in [-0.3, -0.25) is 19.2 Å². The molecule has 0 radical (unpaired) electrons. The standard InChI is InChI=1S/C37H43N3O7/c1-22-15-16-23(2)27(20-22)39-19-11-7-10-14-29(42)38(5)25(4)32(26-12-8-6-9-13-26)46-36(45)30-28-17-18-37(47-28)31(30)34(43)40(24(3)21-41)33(37)35(39)44/h6-9,11-13,15-18,20,24-25,28,30-33,41H,10,14,19,21H2,1-5H3/b11-7-/t24-,25-,28+,30-,31-,32+,33+,37-/m1/s1. The lowest BCUT2D eigenvalue weighted by molar-refractivity contribution is -0.164. The molecule has 0 unspecified atom stereocenters. The molecule has 3 amide bonds. The molecule has 10 heteroatoms. The highest BCUT2D eigenvalue weighted by Crippen LogP contribution is 2.56. The first-order valence-electron chi connectivity index (χ1n) is 16.3. The summed E-state index contributed by atoms with van der Waals surface area (Å²) in [6.07, 6.45) is 6.33. The molecule has 2 aromatic carbocycles. The van der Waals surface area contributed by atoms with E-state index in [9.17, 15) is 24.3 Å². The third-order valence-electron chi connectivity index (χ3n) is 10.3. The number of esters is 1. The van der Waals surface area contributed by atoms with Crippen molar-refractivity contribution in [3.05, 3.63) is 89.5 Å². The average Bonchev–Trinajstić information content (AvgIpc) is 3.72. The Kier molecular flexibility index (Phi) is 8.84. The average molecular weight is 642 g/mol. The number of carbonyl (C=O) groups is 4. The van der Waals surface area contributed by atoms with Crippen LogP contribution < -0.4 is 4.90 Å². The number of hydrogen-bond acceptors (Lipinski definition) is 7. The van der Waals surface area contributed by atoms with Gasteiger partial charge in [0.25, 0.3) is 5.91 Å². The Morgan fingerprint density at radius 1 is 1.02 bits per heavy atom. The fourth-order valence-corrected chi connectivity index (χ4v) is 7.59. The molecule has 4 aliphatic heterocycles. The summed E-state index contributed by atoms with van der Waals surface area (Å²) in [5, 5.41) is 10.3. The highest BCUT2D eigenvalue weighted by Gasteiger charge is 2.74. The van der Waals surface area contributed by atoms with Crippen molar-refractivity contribution in [1.82, 2.24) is 9.80 Å². The number of amides is 3. The number of likely N-dealkylation sites (tertiary alicyclic amines) is 1. The summed E-state index contributed by atoms with van der Waals surface area (Å²) in [7, 11) is 1.70. The maximum atomic E-state index is 14.9. The van der Waals surface area contributed by atoms with Crippen molar-refractivity contribution in [2.75, 3.05) is 25.1 Å². The lowest BCUT2D eigenvalue weighted by Crippen LogP contribution is -2.58. The van der Waals surface area contributed by atoms with Crippen LogP contribution in [-0.4, -0.2) is 88.6 Å². The Morgan fingerprint density at radius 2 is 1.77 bits per heavy atom. The van der Waals surface area contributed by atoms with Gasteiger partial charge in [-0.15, -0.1) is 0 Å². The van der Waals surface area contributed by atoms with Crippen LogP contribution in [0.25, 0.3) is 0 Å². The van der Waals surface area contributed by atoms with Gasteiger partial charge in [-0.25, -0.2) is 0 Å². The number of cyclic esters (lactones) is 1. The number of rotatable bonds is 4. The number of hydrogen-bond donors (Lipinski definition) is 1. The number of nitrogens with zero attached hydrogens (tertiary/aromatic N) is 3. The van der Waals surface area contributed by atoms with Crippen LogP contribution in [0, 0.1) is 25.7 Å². The SMILES string of the molecule is Cc1ccc(C)c(N2C/C=C\CCC(=O)N(C)[C@H](C)[C@@H](c3ccccc3)OC(=O)[C@@H]3[C@@H]4C=C[C@]5(O4)[C@H](C2=O)N([C@H](C)CO)C(=O)[C@@H]35)c1. The highest BCUT2D eigenvalue weighted by molar-refractivity contribution is 6.05. The molecule has 4 aliphatic rings. The van der Waals surface area contributed by atoms with E-state index in [2.05, 4.69) is 0 Å². The van der Waals surface area contributed by atoms with Crippen molar-refractivity contribution in [2.45, 2.75) is 76.5 Å². The zero-order valence-electron chi connectivity index (χ0n) is 27.5. The third-order valence-corrected chi connectivity index (χ3v) is 10.3. The molecule has 2 fully saturated rings. The summed E-state index contributed by atoms with van der Waals surface area (Å²) in [5.74, 6) is -3.63. The first-order valence-corrected chi connectivity index (χ1v) is 16.3. The van der Waals surface area contributed by atoms with Crippen LogP contribution in [0.3, 0.4) is 0 Å².